The minimum absolute atomic E-state index is 0. The summed E-state index contributed by atoms with van der Waals surface area (Å²) in [6, 6.07) is 0. The topological polar surface area (TPSA) is 58.9 Å². The molecule has 2 N–H and O–H groups in total. The maximum absolute atomic E-state index is 8.61. The quantitative estimate of drug-likeness (QED) is 0.168. The molecule has 0 saturated heterocycles. The average molecular weight is 289 g/mol. The van der Waals surface area contributed by atoms with Gasteiger partial charge in [-0.2, -0.15) is 0 Å². The van der Waals surface area contributed by atoms with Crippen LogP contribution in [0.25, 0.3) is 0 Å². The van der Waals surface area contributed by atoms with Crippen LogP contribution in [-0.4, -0.2) is 52.3 Å². The second-order valence-electron chi connectivity index (χ2n) is 4.22. The summed E-state index contributed by atoms with van der Waals surface area (Å²) in [7, 11) is 0. The maximum atomic E-state index is 8.61. The molecule has 0 fully saturated rings. The second kappa shape index (κ2) is 20.5. The summed E-state index contributed by atoms with van der Waals surface area (Å²) in [4.78, 5) is 0. The van der Waals surface area contributed by atoms with Gasteiger partial charge in [0.05, 0.1) is 0 Å². The Morgan fingerprint density at radius 2 is 1.17 bits per heavy atom. The Labute approximate surface area is 137 Å². The van der Waals surface area contributed by atoms with Crippen molar-refractivity contribution in [3.63, 3.8) is 0 Å². The van der Waals surface area contributed by atoms with Gasteiger partial charge in [-0.15, -0.1) is 4.33 Å². The van der Waals surface area contributed by atoms with E-state index in [9.17, 15) is 0 Å². The van der Waals surface area contributed by atoms with Gasteiger partial charge in [0.15, 0.2) is 0 Å². The van der Waals surface area contributed by atoms with Crippen molar-refractivity contribution in [2.45, 2.75) is 64.2 Å². The molecule has 4 nitrogen and oxygen atoms in total. The van der Waals surface area contributed by atoms with E-state index in [0.717, 1.165) is 30.6 Å². The van der Waals surface area contributed by atoms with E-state index in [0.29, 0.717) is 6.61 Å². The summed E-state index contributed by atoms with van der Waals surface area (Å²) in [6.07, 6.45) is 12.2. The first-order valence-corrected chi connectivity index (χ1v) is 7.53. The summed E-state index contributed by atoms with van der Waals surface area (Å²) in [6.45, 7) is 0.336. The van der Waals surface area contributed by atoms with Gasteiger partial charge in [0, 0.05) is 54.0 Å². The third kappa shape index (κ3) is 19.5. The Kier molecular flexibility index (Phi) is 24.5. The van der Waals surface area contributed by atoms with Crippen LogP contribution in [0.1, 0.15) is 64.2 Å². The Balaban J connectivity index is 0. The van der Waals surface area contributed by atoms with Gasteiger partial charge in [-0.3, -0.25) is 0 Å². The third-order valence-corrected chi connectivity index (χ3v) is 3.33. The van der Waals surface area contributed by atoms with Crippen molar-refractivity contribution < 1.29 is 19.7 Å². The Morgan fingerprint density at radius 3 is 1.61 bits per heavy atom. The SMILES string of the molecule is OCCCCCCCCCCCCSOOO.[Na]. The van der Waals surface area contributed by atoms with Crippen LogP contribution in [0.2, 0.25) is 0 Å². The first-order chi connectivity index (χ1) is 8.41. The number of hydrogen-bond acceptors (Lipinski definition) is 5. The molecule has 0 unspecified atom stereocenters. The molecule has 0 bridgehead atoms. The average Bonchev–Trinajstić information content (AvgIpc) is 2.35. The minimum Gasteiger partial charge on any atom is -0.396 e. The van der Waals surface area contributed by atoms with Crippen molar-refractivity contribution in [3.05, 3.63) is 0 Å². The van der Waals surface area contributed by atoms with Crippen LogP contribution in [0, 0.1) is 0 Å². The molecular formula is C12H26NaO4S. The van der Waals surface area contributed by atoms with Gasteiger partial charge in [-0.1, -0.05) is 56.4 Å². The van der Waals surface area contributed by atoms with Crippen molar-refractivity contribution in [3.8, 4) is 0 Å². The van der Waals surface area contributed by atoms with Crippen molar-refractivity contribution in [1.82, 2.24) is 0 Å². The fourth-order valence-electron chi connectivity index (χ4n) is 1.74. The monoisotopic (exact) mass is 289 g/mol. The molecule has 0 saturated carbocycles. The van der Waals surface area contributed by atoms with Crippen LogP contribution in [0.5, 0.6) is 0 Å². The first-order valence-electron chi connectivity index (χ1n) is 6.62. The molecule has 0 heterocycles. The summed E-state index contributed by atoms with van der Waals surface area (Å²) >= 11 is 1.14. The molecule has 0 aromatic rings. The van der Waals surface area contributed by atoms with E-state index in [-0.39, 0.29) is 29.6 Å². The van der Waals surface area contributed by atoms with E-state index in [1.165, 1.54) is 51.4 Å². The molecule has 0 rings (SSSR count). The molecule has 0 aliphatic carbocycles. The molecular weight excluding hydrogens is 263 g/mol. The summed E-state index contributed by atoms with van der Waals surface area (Å²) in [5, 5.41) is 20.0. The zero-order chi connectivity index (χ0) is 12.6. The van der Waals surface area contributed by atoms with E-state index in [4.69, 9.17) is 10.4 Å². The summed E-state index contributed by atoms with van der Waals surface area (Å²) in [5.41, 5.74) is 0. The fraction of sp³-hybridized carbons (Fsp3) is 1.00. The van der Waals surface area contributed by atoms with Gasteiger partial charge in [0.2, 0.25) is 0 Å². The van der Waals surface area contributed by atoms with Crippen molar-refractivity contribution in [1.29, 1.82) is 0 Å². The van der Waals surface area contributed by atoms with Gasteiger partial charge in [-0.05, 0) is 12.8 Å². The fourth-order valence-corrected chi connectivity index (χ4v) is 2.18. The van der Waals surface area contributed by atoms with Crippen LogP contribution < -0.4 is 0 Å². The van der Waals surface area contributed by atoms with E-state index in [2.05, 4.69) is 9.37 Å². The van der Waals surface area contributed by atoms with Gasteiger partial charge < -0.3 is 5.11 Å². The molecule has 1 radical (unpaired) electrons. The summed E-state index contributed by atoms with van der Waals surface area (Å²) < 4.78 is 4.28. The van der Waals surface area contributed by atoms with E-state index in [1.807, 2.05) is 0 Å². The van der Waals surface area contributed by atoms with E-state index < -0.39 is 0 Å². The van der Waals surface area contributed by atoms with Gasteiger partial charge in [-0.25, -0.2) is 5.26 Å². The molecule has 6 heteroatoms. The minimum atomic E-state index is 0. The Bertz CT molecular complexity index is 127. The molecule has 0 aromatic heterocycles. The normalized spacial score (nSPS) is 10.3. The van der Waals surface area contributed by atoms with Gasteiger partial charge in [0.1, 0.15) is 0 Å². The van der Waals surface area contributed by atoms with Crippen molar-refractivity contribution in [2.24, 2.45) is 0 Å². The smallest absolute Gasteiger partial charge is 0.0431 e. The molecule has 0 aliphatic heterocycles. The molecule has 0 aromatic carbocycles. The van der Waals surface area contributed by atoms with Crippen molar-refractivity contribution >= 4 is 41.6 Å². The van der Waals surface area contributed by atoms with Crippen LogP contribution in [0.3, 0.4) is 0 Å². The molecule has 105 valence electrons. The molecule has 0 amide bonds. The third-order valence-electron chi connectivity index (χ3n) is 2.71. The molecule has 18 heavy (non-hydrogen) atoms. The number of hydrogen-bond donors (Lipinski definition) is 2. The molecule has 0 atom stereocenters. The first kappa shape index (κ1) is 21.5. The number of aliphatic hydroxyl groups is 1. The standard InChI is InChI=1S/C12H26O4S.Na/c13-11-9-7-5-3-1-2-4-6-8-10-12-17-16-15-14;/h13-14H,1-12H2;. The van der Waals surface area contributed by atoms with E-state index >= 15 is 0 Å². The zero-order valence-electron chi connectivity index (χ0n) is 11.6. The predicted octanol–water partition coefficient (Wildman–Crippen LogP) is 3.57. The summed E-state index contributed by atoms with van der Waals surface area (Å²) in [5.74, 6) is 0.863. The van der Waals surface area contributed by atoms with Crippen LogP contribution in [0.4, 0.5) is 0 Å². The number of aliphatic hydroxyl groups excluding tert-OH is 1. The zero-order valence-corrected chi connectivity index (χ0v) is 14.4. The predicted molar refractivity (Wildman–Crippen MR) is 76.3 cm³/mol. The number of unbranched alkanes of at least 4 members (excludes halogenated alkanes) is 9. The van der Waals surface area contributed by atoms with Crippen LogP contribution >= 0.6 is 12.0 Å². The molecule has 0 aliphatic rings. The van der Waals surface area contributed by atoms with Crippen LogP contribution in [-0.2, 0) is 9.37 Å². The largest absolute Gasteiger partial charge is 0.396 e. The van der Waals surface area contributed by atoms with Gasteiger partial charge >= 0.3 is 0 Å². The maximum Gasteiger partial charge on any atom is 0.0431 e. The second-order valence-corrected chi connectivity index (χ2v) is 5.00. The van der Waals surface area contributed by atoms with E-state index in [1.54, 1.807) is 0 Å². The van der Waals surface area contributed by atoms with Crippen molar-refractivity contribution in [2.75, 3.05) is 12.4 Å². The Morgan fingerprint density at radius 1 is 0.722 bits per heavy atom. The number of rotatable bonds is 14. The van der Waals surface area contributed by atoms with Gasteiger partial charge in [0.25, 0.3) is 0 Å². The Hall–Kier alpha value is 1.19. The van der Waals surface area contributed by atoms with Crippen LogP contribution in [0.15, 0.2) is 0 Å². The molecule has 0 spiro atoms.